The number of halogens is 1. The highest BCUT2D eigenvalue weighted by Crippen LogP contribution is 2.26. The summed E-state index contributed by atoms with van der Waals surface area (Å²) in [5.41, 5.74) is 0.300. The standard InChI is InChI=1S/C15H17FN4O4S/c1-9(2)18-15(22)20-25(23,24)14-8-17-6-5-12(14)19-10-3-4-13(21)11(16)7-10/h3-9,21H,1-2H3,(H,17,19)(H2,18,20,22). The summed E-state index contributed by atoms with van der Waals surface area (Å²) in [6.45, 7) is 3.37. The van der Waals surface area contributed by atoms with E-state index >= 15 is 0 Å². The molecule has 4 N–H and O–H groups in total. The van der Waals surface area contributed by atoms with E-state index in [9.17, 15) is 22.7 Å². The molecule has 0 bridgehead atoms. The van der Waals surface area contributed by atoms with Gasteiger partial charge in [-0.1, -0.05) is 0 Å². The lowest BCUT2D eigenvalue weighted by Crippen LogP contribution is -2.42. The largest absolute Gasteiger partial charge is 0.505 e. The second kappa shape index (κ2) is 7.34. The summed E-state index contributed by atoms with van der Waals surface area (Å²) in [6.07, 6.45) is 2.40. The summed E-state index contributed by atoms with van der Waals surface area (Å²) < 4.78 is 40.1. The van der Waals surface area contributed by atoms with Gasteiger partial charge in [-0.05, 0) is 32.0 Å². The van der Waals surface area contributed by atoms with Crippen molar-refractivity contribution in [2.75, 3.05) is 5.32 Å². The molecule has 0 fully saturated rings. The molecule has 0 saturated heterocycles. The van der Waals surface area contributed by atoms with Crippen LogP contribution in [-0.2, 0) is 10.0 Å². The predicted molar refractivity (Wildman–Crippen MR) is 89.6 cm³/mol. The number of carbonyl (C=O) groups excluding carboxylic acids is 1. The van der Waals surface area contributed by atoms with Crippen LogP contribution in [0.2, 0.25) is 0 Å². The molecule has 134 valence electrons. The van der Waals surface area contributed by atoms with Crippen LogP contribution in [0.1, 0.15) is 13.8 Å². The molecule has 1 aromatic heterocycles. The third-order valence-electron chi connectivity index (χ3n) is 2.95. The first kappa shape index (κ1) is 18.5. The highest BCUT2D eigenvalue weighted by molar-refractivity contribution is 7.90. The Bertz CT molecular complexity index is 887. The van der Waals surface area contributed by atoms with Crippen molar-refractivity contribution in [1.29, 1.82) is 0 Å². The fourth-order valence-corrected chi connectivity index (χ4v) is 2.93. The van der Waals surface area contributed by atoms with E-state index in [2.05, 4.69) is 15.6 Å². The zero-order valence-corrected chi connectivity index (χ0v) is 14.3. The number of nitrogens with one attached hydrogen (secondary N) is 3. The molecule has 0 radical (unpaired) electrons. The molecule has 25 heavy (non-hydrogen) atoms. The van der Waals surface area contributed by atoms with Gasteiger partial charge in [0, 0.05) is 30.2 Å². The molecule has 2 amide bonds. The van der Waals surface area contributed by atoms with Crippen LogP contribution in [0.15, 0.2) is 41.6 Å². The van der Waals surface area contributed by atoms with Crippen molar-refractivity contribution < 1.29 is 22.7 Å². The first-order chi connectivity index (χ1) is 11.7. The molecule has 0 atom stereocenters. The van der Waals surface area contributed by atoms with Gasteiger partial charge in [0.1, 0.15) is 4.90 Å². The zero-order chi connectivity index (χ0) is 18.6. The lowest BCUT2D eigenvalue weighted by molar-refractivity contribution is 0.243. The molecule has 0 unspecified atom stereocenters. The number of aromatic hydroxyl groups is 1. The quantitative estimate of drug-likeness (QED) is 0.600. The number of benzene rings is 1. The van der Waals surface area contributed by atoms with E-state index in [0.717, 1.165) is 18.3 Å². The van der Waals surface area contributed by atoms with Gasteiger partial charge < -0.3 is 15.7 Å². The number of phenols is 1. The minimum absolute atomic E-state index is 0.0879. The molecule has 1 heterocycles. The van der Waals surface area contributed by atoms with Crippen molar-refractivity contribution in [2.24, 2.45) is 0 Å². The Morgan fingerprint density at radius 1 is 1.28 bits per heavy atom. The molecule has 0 aliphatic carbocycles. The van der Waals surface area contributed by atoms with E-state index in [4.69, 9.17) is 0 Å². The van der Waals surface area contributed by atoms with Crippen molar-refractivity contribution in [3.63, 3.8) is 0 Å². The van der Waals surface area contributed by atoms with E-state index < -0.39 is 27.6 Å². The summed E-state index contributed by atoms with van der Waals surface area (Å²) in [6, 6.07) is 3.74. The van der Waals surface area contributed by atoms with Crippen LogP contribution in [0.3, 0.4) is 0 Å². The predicted octanol–water partition coefficient (Wildman–Crippen LogP) is 2.07. The lowest BCUT2D eigenvalue weighted by Gasteiger charge is -2.14. The Labute approximate surface area is 144 Å². The summed E-state index contributed by atoms with van der Waals surface area (Å²) in [5.74, 6) is -1.39. The molecule has 0 saturated carbocycles. The van der Waals surface area contributed by atoms with Crippen molar-refractivity contribution in [3.8, 4) is 5.75 Å². The minimum Gasteiger partial charge on any atom is -0.505 e. The van der Waals surface area contributed by atoms with E-state index in [1.807, 2.05) is 4.72 Å². The number of nitrogens with zero attached hydrogens (tertiary/aromatic N) is 1. The fourth-order valence-electron chi connectivity index (χ4n) is 1.91. The molecular formula is C15H17FN4O4S. The Hall–Kier alpha value is -2.88. The molecular weight excluding hydrogens is 351 g/mol. The number of carbonyl (C=O) groups is 1. The first-order valence-electron chi connectivity index (χ1n) is 7.22. The van der Waals surface area contributed by atoms with Crippen LogP contribution in [0.4, 0.5) is 20.6 Å². The topological polar surface area (TPSA) is 120 Å². The Morgan fingerprint density at radius 3 is 2.64 bits per heavy atom. The number of phenolic OH excluding ortho intramolecular Hbond substituents is 1. The number of aromatic nitrogens is 1. The number of sulfonamides is 1. The van der Waals surface area contributed by atoms with E-state index in [0.29, 0.717) is 0 Å². The third kappa shape index (κ3) is 4.80. The zero-order valence-electron chi connectivity index (χ0n) is 13.4. The van der Waals surface area contributed by atoms with E-state index in [-0.39, 0.29) is 22.3 Å². The van der Waals surface area contributed by atoms with Gasteiger partial charge in [0.25, 0.3) is 10.0 Å². The second-order valence-corrected chi connectivity index (χ2v) is 7.05. The maximum absolute atomic E-state index is 13.4. The number of anilines is 2. The van der Waals surface area contributed by atoms with Crippen molar-refractivity contribution >= 4 is 27.4 Å². The smallest absolute Gasteiger partial charge is 0.328 e. The van der Waals surface area contributed by atoms with Crippen LogP contribution in [0.5, 0.6) is 5.75 Å². The van der Waals surface area contributed by atoms with Gasteiger partial charge in [0.2, 0.25) is 0 Å². The Morgan fingerprint density at radius 2 is 2.00 bits per heavy atom. The van der Waals surface area contributed by atoms with E-state index in [1.165, 1.54) is 18.3 Å². The summed E-state index contributed by atoms with van der Waals surface area (Å²) >= 11 is 0. The van der Waals surface area contributed by atoms with Crippen molar-refractivity contribution in [3.05, 3.63) is 42.5 Å². The average molecular weight is 368 g/mol. The summed E-state index contributed by atoms with van der Waals surface area (Å²) in [4.78, 5) is 15.1. The summed E-state index contributed by atoms with van der Waals surface area (Å²) in [7, 11) is -4.20. The second-order valence-electron chi connectivity index (χ2n) is 5.40. The molecule has 8 nitrogen and oxygen atoms in total. The van der Waals surface area contributed by atoms with Gasteiger partial charge in [-0.15, -0.1) is 0 Å². The van der Waals surface area contributed by atoms with Gasteiger partial charge in [0.05, 0.1) is 5.69 Å². The number of pyridine rings is 1. The maximum Gasteiger partial charge on any atom is 0.328 e. The van der Waals surface area contributed by atoms with Crippen molar-refractivity contribution in [1.82, 2.24) is 15.0 Å². The van der Waals surface area contributed by atoms with Gasteiger partial charge in [0.15, 0.2) is 11.6 Å². The highest BCUT2D eigenvalue weighted by atomic mass is 32.2. The Kier molecular flexibility index (Phi) is 5.42. The molecule has 0 spiro atoms. The van der Waals surface area contributed by atoms with Crippen LogP contribution in [0.25, 0.3) is 0 Å². The van der Waals surface area contributed by atoms with Crippen molar-refractivity contribution in [2.45, 2.75) is 24.8 Å². The molecule has 10 heteroatoms. The SMILES string of the molecule is CC(C)NC(=O)NS(=O)(=O)c1cnccc1Nc1ccc(O)c(F)c1. The Balaban J connectivity index is 2.30. The van der Waals surface area contributed by atoms with Crippen LogP contribution in [-0.4, -0.2) is 30.6 Å². The van der Waals surface area contributed by atoms with E-state index in [1.54, 1.807) is 13.8 Å². The maximum atomic E-state index is 13.4. The molecule has 2 aromatic rings. The summed E-state index contributed by atoms with van der Waals surface area (Å²) in [5, 5.41) is 14.3. The lowest BCUT2D eigenvalue weighted by atomic mass is 10.2. The molecule has 1 aromatic carbocycles. The number of amides is 2. The third-order valence-corrected chi connectivity index (χ3v) is 4.31. The molecule has 2 rings (SSSR count). The average Bonchev–Trinajstić information content (AvgIpc) is 2.50. The monoisotopic (exact) mass is 368 g/mol. The van der Waals surface area contributed by atoms with Gasteiger partial charge in [-0.25, -0.2) is 22.3 Å². The minimum atomic E-state index is -4.20. The van der Waals surface area contributed by atoms with Gasteiger partial charge in [-0.3, -0.25) is 4.98 Å². The van der Waals surface area contributed by atoms with Gasteiger partial charge in [-0.2, -0.15) is 0 Å². The van der Waals surface area contributed by atoms with Crippen LogP contribution < -0.4 is 15.4 Å². The number of hydrogen-bond donors (Lipinski definition) is 4. The van der Waals surface area contributed by atoms with Crippen LogP contribution in [0, 0.1) is 5.82 Å². The number of urea groups is 1. The first-order valence-corrected chi connectivity index (χ1v) is 8.70. The van der Waals surface area contributed by atoms with Gasteiger partial charge >= 0.3 is 6.03 Å². The number of hydrogen-bond acceptors (Lipinski definition) is 6. The molecule has 0 aliphatic rings. The van der Waals surface area contributed by atoms with Crippen LogP contribution >= 0.6 is 0 Å². The fraction of sp³-hybridized carbons (Fsp3) is 0.200. The normalized spacial score (nSPS) is 11.2. The number of rotatable bonds is 5. The highest BCUT2D eigenvalue weighted by Gasteiger charge is 2.22. The molecule has 0 aliphatic heterocycles.